The Hall–Kier alpha value is -3.73. The number of nitrogens with one attached hydrogen (secondary N) is 1. The Bertz CT molecular complexity index is 1190. The number of hydrogen-bond donors (Lipinski definition) is 1. The van der Waals surface area contributed by atoms with Crippen LogP contribution in [0.1, 0.15) is 62.8 Å². The number of benzene rings is 2. The molecular formula is C33H42N4O. The maximum absolute atomic E-state index is 13.8. The molecule has 1 amide bonds. The molecule has 1 N–H and O–H groups in total. The molecular weight excluding hydrogens is 468 g/mol. The maximum Gasteiger partial charge on any atom is 0.243 e. The first-order chi connectivity index (χ1) is 18.4. The first kappa shape index (κ1) is 28.8. The second-order valence-electron chi connectivity index (χ2n) is 9.95. The van der Waals surface area contributed by atoms with Gasteiger partial charge in [-0.25, -0.2) is 9.97 Å². The molecule has 1 heterocycles. The van der Waals surface area contributed by atoms with Crippen molar-refractivity contribution in [3.63, 3.8) is 0 Å². The van der Waals surface area contributed by atoms with Crippen molar-refractivity contribution < 1.29 is 4.79 Å². The molecule has 5 heteroatoms. The smallest absolute Gasteiger partial charge is 0.243 e. The van der Waals surface area contributed by atoms with Crippen LogP contribution in [0.25, 0.3) is 11.4 Å². The minimum Gasteiger partial charge on any atom is -0.350 e. The number of aromatic nitrogens is 2. The van der Waals surface area contributed by atoms with E-state index in [1.165, 1.54) is 0 Å². The molecule has 3 rings (SSSR count). The quantitative estimate of drug-likeness (QED) is 0.173. The summed E-state index contributed by atoms with van der Waals surface area (Å²) >= 11 is 0. The average Bonchev–Trinajstić information content (AvgIpc) is 2.93. The number of carbonyl (C=O) groups is 1. The molecule has 0 aliphatic heterocycles. The molecule has 1 atom stereocenters. The number of aryl methyl sites for hydroxylation is 1. The third kappa shape index (κ3) is 8.14. The summed E-state index contributed by atoms with van der Waals surface area (Å²) in [5.41, 5.74) is 4.89. The van der Waals surface area contributed by atoms with Crippen LogP contribution in [0.4, 0.5) is 5.82 Å². The number of amides is 1. The fraction of sp³-hybridized carbons (Fsp3) is 0.364. The normalized spacial score (nSPS) is 11.6. The van der Waals surface area contributed by atoms with E-state index in [0.29, 0.717) is 25.3 Å². The number of hydrogen-bond acceptors (Lipinski definition) is 4. The van der Waals surface area contributed by atoms with E-state index >= 15 is 0 Å². The lowest BCUT2D eigenvalue weighted by Crippen LogP contribution is -2.48. The molecule has 38 heavy (non-hydrogen) atoms. The van der Waals surface area contributed by atoms with Gasteiger partial charge < -0.3 is 10.2 Å². The second kappa shape index (κ2) is 14.9. The molecule has 5 nitrogen and oxygen atoms in total. The number of nitrogens with zero attached hydrogens (tertiary/aromatic N) is 3. The van der Waals surface area contributed by atoms with Gasteiger partial charge in [-0.05, 0) is 32.3 Å². The van der Waals surface area contributed by atoms with Gasteiger partial charge in [0, 0.05) is 29.9 Å². The van der Waals surface area contributed by atoms with E-state index in [0.717, 1.165) is 65.9 Å². The van der Waals surface area contributed by atoms with Crippen LogP contribution < -0.4 is 10.2 Å². The number of unbranched alkanes of at least 4 members (excludes halogenated alkanes) is 3. The van der Waals surface area contributed by atoms with Crippen LogP contribution in [0.15, 0.2) is 85.5 Å². The zero-order valence-corrected chi connectivity index (χ0v) is 23.2. The highest BCUT2D eigenvalue weighted by Gasteiger charge is 2.29. The Morgan fingerprint density at radius 1 is 1.03 bits per heavy atom. The lowest BCUT2D eigenvalue weighted by Gasteiger charge is -2.34. The Labute approximate surface area is 228 Å². The summed E-state index contributed by atoms with van der Waals surface area (Å²) < 4.78 is 0. The van der Waals surface area contributed by atoms with Crippen molar-refractivity contribution in [3.8, 4) is 11.4 Å². The largest absolute Gasteiger partial charge is 0.350 e. The van der Waals surface area contributed by atoms with E-state index < -0.39 is 0 Å². The standard InChI is InChI=1S/C33H42N4O/c1-6-8-9-16-22-30(33(38)34-23-27-18-12-10-13-19-27)37(24-25(3)4)32-29(17-7-2)26(5)35-31(36-32)28-20-14-11-15-21-28/h7,10-15,18-21,30H,2-3,6,8-9,16-17,22-24H2,1,4-5H3,(H,34,38). The van der Waals surface area contributed by atoms with E-state index in [2.05, 4.69) is 30.3 Å². The van der Waals surface area contributed by atoms with Gasteiger partial charge >= 0.3 is 0 Å². The zero-order chi connectivity index (χ0) is 27.3. The second-order valence-corrected chi connectivity index (χ2v) is 9.95. The van der Waals surface area contributed by atoms with Crippen LogP contribution in [0.3, 0.4) is 0 Å². The molecule has 0 aliphatic carbocycles. The Balaban J connectivity index is 2.06. The van der Waals surface area contributed by atoms with Crippen molar-refractivity contribution in [2.24, 2.45) is 0 Å². The van der Waals surface area contributed by atoms with Gasteiger partial charge in [-0.3, -0.25) is 4.79 Å². The highest BCUT2D eigenvalue weighted by atomic mass is 16.2. The predicted molar refractivity (Wildman–Crippen MR) is 159 cm³/mol. The molecule has 0 saturated carbocycles. The summed E-state index contributed by atoms with van der Waals surface area (Å²) in [6, 6.07) is 19.7. The molecule has 0 spiro atoms. The van der Waals surface area contributed by atoms with Crippen LogP contribution in [-0.2, 0) is 17.8 Å². The molecule has 2 aromatic carbocycles. The van der Waals surface area contributed by atoms with Crippen LogP contribution in [0.2, 0.25) is 0 Å². The Morgan fingerprint density at radius 3 is 2.34 bits per heavy atom. The molecule has 0 bridgehead atoms. The summed E-state index contributed by atoms with van der Waals surface area (Å²) in [5, 5.41) is 3.20. The third-order valence-electron chi connectivity index (χ3n) is 6.60. The van der Waals surface area contributed by atoms with Gasteiger partial charge in [-0.2, -0.15) is 0 Å². The van der Waals surface area contributed by atoms with Crippen molar-refractivity contribution in [1.82, 2.24) is 15.3 Å². The fourth-order valence-electron chi connectivity index (χ4n) is 4.64. The van der Waals surface area contributed by atoms with Crippen molar-refractivity contribution >= 4 is 11.7 Å². The van der Waals surface area contributed by atoms with E-state index in [1.54, 1.807) is 0 Å². The summed E-state index contributed by atoms with van der Waals surface area (Å²) in [4.78, 5) is 25.9. The SMILES string of the molecule is C=CCc1c(C)nc(-c2ccccc2)nc1N(CC(=C)C)C(CCCCCC)C(=O)NCc1ccccc1. The van der Waals surface area contributed by atoms with Gasteiger partial charge in [0.1, 0.15) is 11.9 Å². The lowest BCUT2D eigenvalue weighted by molar-refractivity contribution is -0.122. The van der Waals surface area contributed by atoms with Crippen molar-refractivity contribution in [2.45, 2.75) is 71.9 Å². The van der Waals surface area contributed by atoms with E-state index in [-0.39, 0.29) is 11.9 Å². The van der Waals surface area contributed by atoms with Gasteiger partial charge in [0.25, 0.3) is 0 Å². The van der Waals surface area contributed by atoms with Gasteiger partial charge in [0.15, 0.2) is 5.82 Å². The van der Waals surface area contributed by atoms with E-state index in [4.69, 9.17) is 9.97 Å². The Morgan fingerprint density at radius 2 is 1.71 bits per heavy atom. The van der Waals surface area contributed by atoms with Gasteiger partial charge in [0.05, 0.1) is 0 Å². The molecule has 1 unspecified atom stereocenters. The predicted octanol–water partition coefficient (Wildman–Crippen LogP) is 7.22. The highest BCUT2D eigenvalue weighted by Crippen LogP contribution is 2.29. The average molecular weight is 511 g/mol. The van der Waals surface area contributed by atoms with Crippen molar-refractivity contribution in [2.75, 3.05) is 11.4 Å². The summed E-state index contributed by atoms with van der Waals surface area (Å²) in [6.45, 7) is 15.4. The molecule has 0 fully saturated rings. The first-order valence-corrected chi connectivity index (χ1v) is 13.7. The van der Waals surface area contributed by atoms with Crippen LogP contribution in [-0.4, -0.2) is 28.5 Å². The topological polar surface area (TPSA) is 58.1 Å². The number of rotatable bonds is 15. The number of anilines is 1. The number of allylic oxidation sites excluding steroid dienone is 1. The van der Waals surface area contributed by atoms with Crippen LogP contribution in [0, 0.1) is 6.92 Å². The molecule has 3 aromatic rings. The molecule has 200 valence electrons. The number of carbonyl (C=O) groups excluding carboxylic acids is 1. The highest BCUT2D eigenvalue weighted by molar-refractivity contribution is 5.85. The van der Waals surface area contributed by atoms with Crippen molar-refractivity contribution in [1.29, 1.82) is 0 Å². The monoisotopic (exact) mass is 510 g/mol. The van der Waals surface area contributed by atoms with Gasteiger partial charge in [-0.15, -0.1) is 6.58 Å². The third-order valence-corrected chi connectivity index (χ3v) is 6.60. The van der Waals surface area contributed by atoms with Crippen molar-refractivity contribution in [3.05, 3.63) is 102 Å². The fourth-order valence-corrected chi connectivity index (χ4v) is 4.64. The van der Waals surface area contributed by atoms with E-state index in [1.807, 2.05) is 80.6 Å². The minimum atomic E-state index is -0.381. The van der Waals surface area contributed by atoms with Crippen LogP contribution >= 0.6 is 0 Å². The van der Waals surface area contributed by atoms with Gasteiger partial charge in [0.2, 0.25) is 5.91 Å². The minimum absolute atomic E-state index is 0.00804. The summed E-state index contributed by atoms with van der Waals surface area (Å²) in [6.07, 6.45) is 7.61. The summed E-state index contributed by atoms with van der Waals surface area (Å²) in [5.74, 6) is 1.45. The summed E-state index contributed by atoms with van der Waals surface area (Å²) in [7, 11) is 0. The van der Waals surface area contributed by atoms with E-state index in [9.17, 15) is 4.79 Å². The zero-order valence-electron chi connectivity index (χ0n) is 23.2. The Kier molecular flexibility index (Phi) is 11.3. The maximum atomic E-state index is 13.8. The molecule has 1 aromatic heterocycles. The first-order valence-electron chi connectivity index (χ1n) is 13.7. The van der Waals surface area contributed by atoms with Crippen LogP contribution in [0.5, 0.6) is 0 Å². The molecule has 0 saturated heterocycles. The van der Waals surface area contributed by atoms with Gasteiger partial charge in [-0.1, -0.05) is 111 Å². The molecule has 0 aliphatic rings. The lowest BCUT2D eigenvalue weighted by atomic mass is 10.0. The molecule has 0 radical (unpaired) electrons.